The minimum atomic E-state index is 0.127. The third-order valence-corrected chi connectivity index (χ3v) is 4.77. The summed E-state index contributed by atoms with van der Waals surface area (Å²) >= 11 is 0. The molecule has 0 saturated heterocycles. The summed E-state index contributed by atoms with van der Waals surface area (Å²) in [4.78, 5) is 12.1. The monoisotopic (exact) mass is 286 g/mol. The zero-order valence-electron chi connectivity index (χ0n) is 12.8. The molecule has 3 heteroatoms. The average Bonchev–Trinajstić information content (AvgIpc) is 2.81. The SMILES string of the molecule is O=C(CNc1ccc2c(c1)CCC2)NC1CCCCCC1. The molecule has 2 aliphatic carbocycles. The second-order valence-electron chi connectivity index (χ2n) is 6.45. The number of fused-ring (bicyclic) bond motifs is 1. The van der Waals surface area contributed by atoms with E-state index in [2.05, 4.69) is 28.8 Å². The van der Waals surface area contributed by atoms with Crippen molar-refractivity contribution in [3.63, 3.8) is 0 Å². The number of carbonyl (C=O) groups is 1. The van der Waals surface area contributed by atoms with Crippen LogP contribution in [0.15, 0.2) is 18.2 Å². The average molecular weight is 286 g/mol. The quantitative estimate of drug-likeness (QED) is 0.833. The number of carbonyl (C=O) groups excluding carboxylic acids is 1. The summed E-state index contributed by atoms with van der Waals surface area (Å²) in [5, 5.41) is 6.45. The topological polar surface area (TPSA) is 41.1 Å². The van der Waals surface area contributed by atoms with Gasteiger partial charge in [0.15, 0.2) is 0 Å². The van der Waals surface area contributed by atoms with Crippen molar-refractivity contribution in [3.05, 3.63) is 29.3 Å². The number of aryl methyl sites for hydroxylation is 2. The van der Waals surface area contributed by atoms with Crippen molar-refractivity contribution >= 4 is 11.6 Å². The second kappa shape index (κ2) is 6.97. The minimum absolute atomic E-state index is 0.127. The van der Waals surface area contributed by atoms with Gasteiger partial charge >= 0.3 is 0 Å². The van der Waals surface area contributed by atoms with E-state index in [1.54, 1.807) is 0 Å². The van der Waals surface area contributed by atoms with Crippen molar-refractivity contribution in [2.24, 2.45) is 0 Å². The molecular weight excluding hydrogens is 260 g/mol. The summed E-state index contributed by atoms with van der Waals surface area (Å²) in [5.74, 6) is 0.127. The molecule has 114 valence electrons. The summed E-state index contributed by atoms with van der Waals surface area (Å²) in [6, 6.07) is 6.90. The molecule has 0 aromatic heterocycles. The third-order valence-electron chi connectivity index (χ3n) is 4.77. The Bertz CT molecular complexity index is 490. The van der Waals surface area contributed by atoms with Gasteiger partial charge in [-0.3, -0.25) is 4.79 Å². The molecule has 1 aromatic carbocycles. The summed E-state index contributed by atoms with van der Waals surface area (Å²) in [6.07, 6.45) is 11.1. The Balaban J connectivity index is 1.47. The highest BCUT2D eigenvalue weighted by molar-refractivity contribution is 5.81. The lowest BCUT2D eigenvalue weighted by atomic mass is 10.1. The first-order valence-corrected chi connectivity index (χ1v) is 8.46. The number of anilines is 1. The largest absolute Gasteiger partial charge is 0.376 e. The first-order valence-electron chi connectivity index (χ1n) is 8.46. The lowest BCUT2D eigenvalue weighted by Gasteiger charge is -2.16. The second-order valence-corrected chi connectivity index (χ2v) is 6.45. The van der Waals surface area contributed by atoms with Gasteiger partial charge in [-0.25, -0.2) is 0 Å². The molecule has 1 aromatic rings. The van der Waals surface area contributed by atoms with Crippen LogP contribution in [0.2, 0.25) is 0 Å². The molecule has 1 saturated carbocycles. The Morgan fingerprint density at radius 3 is 2.57 bits per heavy atom. The van der Waals surface area contributed by atoms with Gasteiger partial charge in [0.05, 0.1) is 6.54 Å². The fourth-order valence-electron chi connectivity index (χ4n) is 3.57. The van der Waals surface area contributed by atoms with Crippen LogP contribution >= 0.6 is 0 Å². The summed E-state index contributed by atoms with van der Waals surface area (Å²) in [7, 11) is 0. The Labute approximate surface area is 127 Å². The van der Waals surface area contributed by atoms with E-state index in [0.29, 0.717) is 12.6 Å². The molecule has 0 heterocycles. The number of nitrogens with one attached hydrogen (secondary N) is 2. The zero-order valence-corrected chi connectivity index (χ0v) is 12.8. The van der Waals surface area contributed by atoms with E-state index in [0.717, 1.165) is 18.5 Å². The Hall–Kier alpha value is -1.51. The highest BCUT2D eigenvalue weighted by atomic mass is 16.1. The van der Waals surface area contributed by atoms with Crippen molar-refractivity contribution in [3.8, 4) is 0 Å². The van der Waals surface area contributed by atoms with Gasteiger partial charge < -0.3 is 10.6 Å². The van der Waals surface area contributed by atoms with Gasteiger partial charge in [0.25, 0.3) is 0 Å². The van der Waals surface area contributed by atoms with Gasteiger partial charge in [-0.15, -0.1) is 0 Å². The third kappa shape index (κ3) is 3.99. The van der Waals surface area contributed by atoms with Gasteiger partial charge in [0, 0.05) is 11.7 Å². The van der Waals surface area contributed by atoms with Crippen LogP contribution < -0.4 is 10.6 Å². The molecule has 2 N–H and O–H groups in total. The zero-order chi connectivity index (χ0) is 14.5. The van der Waals surface area contributed by atoms with E-state index in [-0.39, 0.29) is 5.91 Å². The van der Waals surface area contributed by atoms with Crippen LogP contribution in [0, 0.1) is 0 Å². The van der Waals surface area contributed by atoms with Crippen LogP contribution in [0.5, 0.6) is 0 Å². The van der Waals surface area contributed by atoms with Crippen LogP contribution in [0.25, 0.3) is 0 Å². The summed E-state index contributed by atoms with van der Waals surface area (Å²) in [6.45, 7) is 0.384. The van der Waals surface area contributed by atoms with Crippen molar-refractivity contribution in [1.82, 2.24) is 5.32 Å². The minimum Gasteiger partial charge on any atom is -0.376 e. The molecule has 3 nitrogen and oxygen atoms in total. The van der Waals surface area contributed by atoms with Gasteiger partial charge in [-0.2, -0.15) is 0 Å². The normalized spacial score (nSPS) is 18.9. The molecule has 21 heavy (non-hydrogen) atoms. The maximum absolute atomic E-state index is 12.1. The van der Waals surface area contributed by atoms with Crippen LogP contribution in [0.3, 0.4) is 0 Å². The Morgan fingerprint density at radius 2 is 1.76 bits per heavy atom. The molecule has 1 fully saturated rings. The van der Waals surface area contributed by atoms with Crippen molar-refractivity contribution in [1.29, 1.82) is 0 Å². The van der Waals surface area contributed by atoms with E-state index in [1.165, 1.54) is 56.1 Å². The molecule has 0 unspecified atom stereocenters. The molecule has 1 amide bonds. The number of rotatable bonds is 4. The van der Waals surface area contributed by atoms with E-state index in [9.17, 15) is 4.79 Å². The van der Waals surface area contributed by atoms with Gasteiger partial charge in [0.2, 0.25) is 5.91 Å². The fraction of sp³-hybridized carbons (Fsp3) is 0.611. The predicted molar refractivity (Wildman–Crippen MR) is 86.6 cm³/mol. The molecule has 0 spiro atoms. The molecule has 2 aliphatic rings. The highest BCUT2D eigenvalue weighted by Gasteiger charge is 2.15. The first-order chi connectivity index (χ1) is 10.3. The predicted octanol–water partition coefficient (Wildman–Crippen LogP) is 3.43. The summed E-state index contributed by atoms with van der Waals surface area (Å²) < 4.78 is 0. The van der Waals surface area contributed by atoms with Crippen LogP contribution in [-0.4, -0.2) is 18.5 Å². The first kappa shape index (κ1) is 14.4. The number of hydrogen-bond acceptors (Lipinski definition) is 2. The lowest BCUT2D eigenvalue weighted by Crippen LogP contribution is -2.38. The standard InChI is InChI=1S/C18H26N2O/c21-18(20-16-8-3-1-2-4-9-16)13-19-17-11-10-14-6-5-7-15(14)12-17/h10-12,16,19H,1-9,13H2,(H,20,21). The smallest absolute Gasteiger partial charge is 0.239 e. The molecule has 0 radical (unpaired) electrons. The van der Waals surface area contributed by atoms with Crippen molar-refractivity contribution in [2.45, 2.75) is 63.8 Å². The molecular formula is C18H26N2O. The lowest BCUT2D eigenvalue weighted by molar-refractivity contribution is -0.120. The van der Waals surface area contributed by atoms with Crippen molar-refractivity contribution < 1.29 is 4.79 Å². The molecule has 0 bridgehead atoms. The number of hydrogen-bond donors (Lipinski definition) is 2. The van der Waals surface area contributed by atoms with E-state index < -0.39 is 0 Å². The van der Waals surface area contributed by atoms with Gasteiger partial charge in [-0.1, -0.05) is 31.7 Å². The molecule has 0 atom stereocenters. The number of amides is 1. The van der Waals surface area contributed by atoms with Gasteiger partial charge in [0.1, 0.15) is 0 Å². The van der Waals surface area contributed by atoms with E-state index in [1.807, 2.05) is 0 Å². The van der Waals surface area contributed by atoms with E-state index >= 15 is 0 Å². The Morgan fingerprint density at radius 1 is 1.00 bits per heavy atom. The van der Waals surface area contributed by atoms with Crippen LogP contribution in [0.1, 0.15) is 56.1 Å². The van der Waals surface area contributed by atoms with Crippen LogP contribution in [0.4, 0.5) is 5.69 Å². The number of benzene rings is 1. The molecule has 3 rings (SSSR count). The van der Waals surface area contributed by atoms with E-state index in [4.69, 9.17) is 0 Å². The summed E-state index contributed by atoms with van der Waals surface area (Å²) in [5.41, 5.74) is 4.00. The Kier molecular flexibility index (Phi) is 4.79. The highest BCUT2D eigenvalue weighted by Crippen LogP contribution is 2.24. The molecule has 0 aliphatic heterocycles. The van der Waals surface area contributed by atoms with Crippen LogP contribution in [-0.2, 0) is 17.6 Å². The fourth-order valence-corrected chi connectivity index (χ4v) is 3.57. The maximum atomic E-state index is 12.1. The van der Waals surface area contributed by atoms with Crippen molar-refractivity contribution in [2.75, 3.05) is 11.9 Å². The maximum Gasteiger partial charge on any atom is 0.239 e. The van der Waals surface area contributed by atoms with Gasteiger partial charge in [-0.05, 0) is 55.4 Å².